The Morgan fingerprint density at radius 1 is 1.31 bits per heavy atom. The molecule has 2 aliphatic heterocycles. The molecule has 1 aromatic carbocycles. The van der Waals surface area contributed by atoms with Crippen LogP contribution in [0.15, 0.2) is 30.3 Å². The summed E-state index contributed by atoms with van der Waals surface area (Å²) < 4.78 is 0. The number of rotatable bonds is 1. The minimum atomic E-state index is -0.455. The molecule has 0 aliphatic carbocycles. The summed E-state index contributed by atoms with van der Waals surface area (Å²) in [5, 5.41) is 23.4. The highest BCUT2D eigenvalue weighted by molar-refractivity contribution is 5.27. The van der Waals surface area contributed by atoms with E-state index in [0.29, 0.717) is 12.8 Å². The molecule has 2 saturated heterocycles. The zero-order chi connectivity index (χ0) is 11.2. The van der Waals surface area contributed by atoms with Gasteiger partial charge in [-0.3, -0.25) is 0 Å². The van der Waals surface area contributed by atoms with E-state index in [9.17, 15) is 10.3 Å². The molecule has 3 atom stereocenters. The van der Waals surface area contributed by atoms with Gasteiger partial charge in [-0.25, -0.2) is 0 Å². The molecule has 1 aromatic rings. The molecule has 2 bridgehead atoms. The number of piperidine rings is 1. The van der Waals surface area contributed by atoms with Gasteiger partial charge in [-0.15, -0.1) is 10.3 Å². The van der Waals surface area contributed by atoms with Crippen LogP contribution in [-0.2, 0) is 10.7 Å². The molecule has 85 valence electrons. The molecule has 3 nitrogen and oxygen atoms in total. The number of hydroxylamine groups is 2. The van der Waals surface area contributed by atoms with Gasteiger partial charge < -0.3 is 5.11 Å². The molecule has 16 heavy (non-hydrogen) atoms. The van der Waals surface area contributed by atoms with Crippen LogP contribution in [0.1, 0.15) is 31.2 Å². The predicted molar refractivity (Wildman–Crippen MR) is 58.9 cm³/mol. The Kier molecular flexibility index (Phi) is 2.28. The topological polar surface area (TPSA) is 43.4 Å². The van der Waals surface area contributed by atoms with Crippen molar-refractivity contribution in [1.82, 2.24) is 5.06 Å². The van der Waals surface area contributed by atoms with E-state index >= 15 is 0 Å². The molecule has 0 spiro atoms. The molecule has 1 radical (unpaired) electrons. The molecule has 0 saturated carbocycles. The Balaban J connectivity index is 2.03. The van der Waals surface area contributed by atoms with E-state index in [-0.39, 0.29) is 12.1 Å². The van der Waals surface area contributed by atoms with Gasteiger partial charge >= 0.3 is 0 Å². The first-order valence-electron chi connectivity index (χ1n) is 5.92. The third-order valence-corrected chi connectivity index (χ3v) is 4.07. The van der Waals surface area contributed by atoms with E-state index in [2.05, 4.69) is 0 Å². The van der Waals surface area contributed by atoms with Gasteiger partial charge in [0.05, 0.1) is 11.6 Å². The van der Waals surface area contributed by atoms with Gasteiger partial charge in [0.1, 0.15) is 0 Å². The lowest BCUT2D eigenvalue weighted by atomic mass is 9.82. The van der Waals surface area contributed by atoms with E-state index in [4.69, 9.17) is 0 Å². The standard InChI is InChI=1S/C13H16NO2/c15-12-8-11-6-7-13(9-12,14(11)16)10-4-2-1-3-5-10/h1-5,11-12,15H,6-9H2. The number of nitrogens with zero attached hydrogens (tertiary/aromatic N) is 1. The summed E-state index contributed by atoms with van der Waals surface area (Å²) in [6, 6.07) is 9.92. The Morgan fingerprint density at radius 3 is 2.81 bits per heavy atom. The van der Waals surface area contributed by atoms with Crippen molar-refractivity contribution in [1.29, 1.82) is 0 Å². The predicted octanol–water partition coefficient (Wildman–Crippen LogP) is 1.85. The molecule has 3 rings (SSSR count). The van der Waals surface area contributed by atoms with E-state index in [1.165, 1.54) is 5.06 Å². The molecule has 1 N–H and O–H groups in total. The fourth-order valence-electron chi connectivity index (χ4n) is 3.31. The highest BCUT2D eigenvalue weighted by Gasteiger charge is 2.53. The lowest BCUT2D eigenvalue weighted by Gasteiger charge is -2.41. The number of aliphatic hydroxyl groups is 1. The van der Waals surface area contributed by atoms with Crippen LogP contribution in [0.2, 0.25) is 0 Å². The Morgan fingerprint density at radius 2 is 2.06 bits per heavy atom. The first-order chi connectivity index (χ1) is 7.72. The molecular formula is C13H16NO2. The summed E-state index contributed by atoms with van der Waals surface area (Å²) in [5.74, 6) is 0. The average molecular weight is 218 g/mol. The molecule has 2 heterocycles. The summed E-state index contributed by atoms with van der Waals surface area (Å²) in [7, 11) is 0. The lowest BCUT2D eigenvalue weighted by molar-refractivity contribution is -0.260. The van der Waals surface area contributed by atoms with E-state index in [1.54, 1.807) is 0 Å². The second-order valence-corrected chi connectivity index (χ2v) is 5.01. The van der Waals surface area contributed by atoms with Crippen molar-refractivity contribution >= 4 is 0 Å². The van der Waals surface area contributed by atoms with Crippen LogP contribution in [0.5, 0.6) is 0 Å². The van der Waals surface area contributed by atoms with Crippen LogP contribution in [-0.4, -0.2) is 22.3 Å². The van der Waals surface area contributed by atoms with Crippen LogP contribution in [0.3, 0.4) is 0 Å². The van der Waals surface area contributed by atoms with Crippen molar-refractivity contribution in [2.45, 2.75) is 43.4 Å². The van der Waals surface area contributed by atoms with Gasteiger partial charge in [-0.05, 0) is 31.2 Å². The molecule has 0 amide bonds. The van der Waals surface area contributed by atoms with Gasteiger partial charge in [0.2, 0.25) is 0 Å². The normalized spacial score (nSPS) is 38.9. The molecule has 3 unspecified atom stereocenters. The van der Waals surface area contributed by atoms with Gasteiger partial charge in [-0.2, -0.15) is 0 Å². The maximum absolute atomic E-state index is 12.3. The summed E-state index contributed by atoms with van der Waals surface area (Å²) >= 11 is 0. The zero-order valence-corrected chi connectivity index (χ0v) is 9.17. The molecule has 2 fully saturated rings. The van der Waals surface area contributed by atoms with Crippen molar-refractivity contribution in [3.63, 3.8) is 0 Å². The quantitative estimate of drug-likeness (QED) is 0.781. The Bertz CT molecular complexity index is 381. The fraction of sp³-hybridized carbons (Fsp3) is 0.538. The summed E-state index contributed by atoms with van der Waals surface area (Å²) in [6.45, 7) is 0. The third kappa shape index (κ3) is 1.32. The number of benzene rings is 1. The molecule has 0 aromatic heterocycles. The highest BCUT2D eigenvalue weighted by Crippen LogP contribution is 2.49. The number of fused-ring (bicyclic) bond motifs is 2. The van der Waals surface area contributed by atoms with Crippen LogP contribution < -0.4 is 0 Å². The number of aliphatic hydroxyl groups excluding tert-OH is 1. The monoisotopic (exact) mass is 218 g/mol. The van der Waals surface area contributed by atoms with E-state index < -0.39 is 5.54 Å². The van der Waals surface area contributed by atoms with E-state index in [0.717, 1.165) is 18.4 Å². The average Bonchev–Trinajstić information content (AvgIpc) is 2.51. The lowest BCUT2D eigenvalue weighted by Crippen LogP contribution is -2.49. The zero-order valence-electron chi connectivity index (χ0n) is 9.17. The highest BCUT2D eigenvalue weighted by atomic mass is 16.5. The van der Waals surface area contributed by atoms with Crippen molar-refractivity contribution in [3.05, 3.63) is 35.9 Å². The second kappa shape index (κ2) is 3.55. The Labute approximate surface area is 95.3 Å². The number of hydrogen-bond acceptors (Lipinski definition) is 2. The van der Waals surface area contributed by atoms with Crippen LogP contribution in [0.4, 0.5) is 0 Å². The fourth-order valence-corrected chi connectivity index (χ4v) is 3.31. The second-order valence-electron chi connectivity index (χ2n) is 5.01. The molecular weight excluding hydrogens is 202 g/mol. The Hall–Kier alpha value is -0.900. The van der Waals surface area contributed by atoms with Gasteiger partial charge in [0.25, 0.3) is 0 Å². The van der Waals surface area contributed by atoms with Gasteiger partial charge in [0.15, 0.2) is 0 Å². The summed E-state index contributed by atoms with van der Waals surface area (Å²) in [5.41, 5.74) is 0.607. The van der Waals surface area contributed by atoms with Gasteiger partial charge in [0, 0.05) is 6.04 Å². The van der Waals surface area contributed by atoms with Crippen molar-refractivity contribution in [2.75, 3.05) is 0 Å². The van der Waals surface area contributed by atoms with E-state index in [1.807, 2.05) is 30.3 Å². The first kappa shape index (κ1) is 10.3. The van der Waals surface area contributed by atoms with Crippen molar-refractivity contribution < 1.29 is 10.3 Å². The maximum atomic E-state index is 12.3. The van der Waals surface area contributed by atoms with Gasteiger partial charge in [-0.1, -0.05) is 30.3 Å². The van der Waals surface area contributed by atoms with Crippen LogP contribution in [0.25, 0.3) is 0 Å². The third-order valence-electron chi connectivity index (χ3n) is 4.07. The summed E-state index contributed by atoms with van der Waals surface area (Å²) in [4.78, 5) is 0. The summed E-state index contributed by atoms with van der Waals surface area (Å²) in [6.07, 6.45) is 2.69. The van der Waals surface area contributed by atoms with Crippen LogP contribution in [0, 0.1) is 0 Å². The van der Waals surface area contributed by atoms with Crippen LogP contribution >= 0.6 is 0 Å². The minimum absolute atomic E-state index is 0.0176. The van der Waals surface area contributed by atoms with Crippen molar-refractivity contribution in [3.8, 4) is 0 Å². The largest absolute Gasteiger partial charge is 0.393 e. The first-order valence-corrected chi connectivity index (χ1v) is 5.92. The van der Waals surface area contributed by atoms with Crippen molar-refractivity contribution in [2.24, 2.45) is 0 Å². The number of hydrogen-bond donors (Lipinski definition) is 1. The molecule has 3 heteroatoms. The maximum Gasteiger partial charge on any atom is 0.0770 e. The smallest absolute Gasteiger partial charge is 0.0770 e. The SMILES string of the molecule is [O]N1C2CCC1(c1ccccc1)CC(O)C2. The minimum Gasteiger partial charge on any atom is -0.393 e. The molecule has 2 aliphatic rings.